The van der Waals surface area contributed by atoms with Crippen LogP contribution >= 0.6 is 0 Å². The molecule has 2 fully saturated rings. The number of hydrogen-bond donors (Lipinski definition) is 0. The van der Waals surface area contributed by atoms with Gasteiger partial charge in [0.15, 0.2) is 0 Å². The zero-order chi connectivity index (χ0) is 55.8. The van der Waals surface area contributed by atoms with Crippen molar-refractivity contribution in [1.29, 1.82) is 0 Å². The highest BCUT2D eigenvalue weighted by Crippen LogP contribution is 2.38. The molecule has 428 valence electrons. The Labute approximate surface area is 472 Å². The fourth-order valence-electron chi connectivity index (χ4n) is 10.4. The van der Waals surface area contributed by atoms with E-state index in [1.807, 2.05) is 41.5 Å². The minimum Gasteiger partial charge on any atom is -0.0913 e. The van der Waals surface area contributed by atoms with Crippen LogP contribution in [0.15, 0.2) is 109 Å². The van der Waals surface area contributed by atoms with Crippen LogP contribution in [0, 0.1) is 18.8 Å². The summed E-state index contributed by atoms with van der Waals surface area (Å²) in [5.74, 6) is 2.28. The summed E-state index contributed by atoms with van der Waals surface area (Å²) in [6.45, 7) is 29.7. The van der Waals surface area contributed by atoms with Gasteiger partial charge in [-0.25, -0.2) is 0 Å². The first-order chi connectivity index (χ1) is 37.0. The quantitative estimate of drug-likeness (QED) is 0.0458. The molecule has 0 radical (unpaired) electrons. The van der Waals surface area contributed by atoms with Gasteiger partial charge in [-0.05, 0) is 147 Å². The SMILES string of the molecule is C/C=C\Cc1ccccc1CCCCCCc1ccccc1C.C1CCC(C2CCCCC2)CC1.CC.CC.CC.CCCC.CCCCCC.CCCCc1ccccc1CCCCCc1ccccc1CCC. The molecule has 0 heteroatoms. The highest BCUT2D eigenvalue weighted by Gasteiger charge is 2.24. The molecule has 0 unspecified atom stereocenters. The molecule has 75 heavy (non-hydrogen) atoms. The summed E-state index contributed by atoms with van der Waals surface area (Å²) in [5, 5.41) is 0. The molecule has 0 saturated heterocycles. The molecule has 0 atom stereocenters. The van der Waals surface area contributed by atoms with E-state index in [-0.39, 0.29) is 0 Å². The Hall–Kier alpha value is -3.38. The van der Waals surface area contributed by atoms with Gasteiger partial charge in [0.1, 0.15) is 0 Å². The number of aryl methyl sites for hydroxylation is 7. The van der Waals surface area contributed by atoms with Crippen molar-refractivity contribution in [3.05, 3.63) is 154 Å². The second-order valence-electron chi connectivity index (χ2n) is 20.8. The van der Waals surface area contributed by atoms with Crippen molar-refractivity contribution in [3.8, 4) is 0 Å². The Bertz CT molecular complexity index is 1740. The number of unbranched alkanes of at least 4 members (excludes halogenated alkanes) is 10. The molecule has 4 aromatic carbocycles. The lowest BCUT2D eigenvalue weighted by molar-refractivity contribution is 0.196. The lowest BCUT2D eigenvalue weighted by Gasteiger charge is -2.32. The van der Waals surface area contributed by atoms with Crippen molar-refractivity contribution in [2.24, 2.45) is 11.8 Å². The Morgan fingerprint density at radius 1 is 0.320 bits per heavy atom. The molecule has 4 aromatic rings. The second-order valence-corrected chi connectivity index (χ2v) is 20.8. The first-order valence-corrected chi connectivity index (χ1v) is 32.8. The third-order valence-corrected chi connectivity index (χ3v) is 15.0. The van der Waals surface area contributed by atoms with Crippen LogP contribution in [0.4, 0.5) is 0 Å². The standard InChI is InChI=1S/C24H34.C23H30.C12H22.C6H14.C4H10.3C2H6/c1-3-5-14-22-18-11-12-20-24(22)16-8-6-7-15-23-19-10-9-17-21(23)13-4-2;1-3-4-14-22-18-11-12-19-23(22)17-8-6-5-7-15-21-16-10-9-13-20(21)2;1-3-7-11(8-4-1)12-9-5-2-6-10-12;1-3-5-6-4-2;1-3-4-2;3*1-2/h9-12,17-20H,3-8,13-16H2,1-2H3;3-4,9-13,16,18-19H,5-8,14-15,17H2,1-2H3;11-12H,1-10H2;3-6H2,1-2H3;3-4H2,1-2H3;3*1-2H3/b;4-3-;;;;;;. The lowest BCUT2D eigenvalue weighted by Crippen LogP contribution is -2.20. The zero-order valence-electron chi connectivity index (χ0n) is 52.9. The number of benzene rings is 4. The normalized spacial score (nSPS) is 12.9. The molecule has 2 saturated carbocycles. The number of hydrogen-bond acceptors (Lipinski definition) is 0. The maximum absolute atomic E-state index is 2.33. The summed E-state index contributed by atoms with van der Waals surface area (Å²) in [4.78, 5) is 0. The van der Waals surface area contributed by atoms with Gasteiger partial charge < -0.3 is 0 Å². The smallest absolute Gasteiger partial charge is 0.00948 e. The van der Waals surface area contributed by atoms with Gasteiger partial charge in [0.25, 0.3) is 0 Å². The highest BCUT2D eigenvalue weighted by molar-refractivity contribution is 5.30. The van der Waals surface area contributed by atoms with Crippen LogP contribution in [0.1, 0.15) is 301 Å². The Balaban J connectivity index is 0. The van der Waals surface area contributed by atoms with Crippen molar-refractivity contribution in [3.63, 3.8) is 0 Å². The van der Waals surface area contributed by atoms with Crippen LogP contribution in [0.3, 0.4) is 0 Å². The molecular formula is C75H128. The molecular weight excluding hydrogens is 901 g/mol. The molecule has 0 nitrogen and oxygen atoms in total. The maximum Gasteiger partial charge on any atom is -0.00948 e. The zero-order valence-corrected chi connectivity index (χ0v) is 52.9. The van der Waals surface area contributed by atoms with Crippen LogP contribution in [0.25, 0.3) is 0 Å². The monoisotopic (exact) mass is 1030 g/mol. The molecule has 0 spiro atoms. The largest absolute Gasteiger partial charge is 0.0913 e. The lowest BCUT2D eigenvalue weighted by atomic mass is 9.73. The van der Waals surface area contributed by atoms with Crippen LogP contribution in [-0.2, 0) is 44.9 Å². The fourth-order valence-corrected chi connectivity index (χ4v) is 10.4. The molecule has 2 aliphatic rings. The molecule has 0 heterocycles. The van der Waals surface area contributed by atoms with Crippen molar-refractivity contribution in [2.45, 2.75) is 309 Å². The van der Waals surface area contributed by atoms with Crippen LogP contribution in [-0.4, -0.2) is 0 Å². The fraction of sp³-hybridized carbons (Fsp3) is 0.653. The van der Waals surface area contributed by atoms with Crippen LogP contribution in [0.2, 0.25) is 0 Å². The van der Waals surface area contributed by atoms with E-state index < -0.39 is 0 Å². The summed E-state index contributed by atoms with van der Waals surface area (Å²) >= 11 is 0. The van der Waals surface area contributed by atoms with Gasteiger partial charge in [-0.3, -0.25) is 0 Å². The Morgan fingerprint density at radius 2 is 0.627 bits per heavy atom. The van der Waals surface area contributed by atoms with Crippen molar-refractivity contribution in [2.75, 3.05) is 0 Å². The average molecular weight is 1030 g/mol. The molecule has 0 N–H and O–H groups in total. The van der Waals surface area contributed by atoms with Gasteiger partial charge in [0.05, 0.1) is 0 Å². The topological polar surface area (TPSA) is 0 Å². The van der Waals surface area contributed by atoms with Gasteiger partial charge >= 0.3 is 0 Å². The Morgan fingerprint density at radius 3 is 0.973 bits per heavy atom. The van der Waals surface area contributed by atoms with Crippen molar-refractivity contribution in [1.82, 2.24) is 0 Å². The van der Waals surface area contributed by atoms with Gasteiger partial charge in [-0.2, -0.15) is 0 Å². The summed E-state index contributed by atoms with van der Waals surface area (Å²) in [6, 6.07) is 35.7. The van der Waals surface area contributed by atoms with Crippen molar-refractivity contribution >= 4 is 0 Å². The molecule has 0 aliphatic heterocycles. The molecule has 0 amide bonds. The second kappa shape index (κ2) is 56.8. The van der Waals surface area contributed by atoms with Crippen LogP contribution < -0.4 is 0 Å². The van der Waals surface area contributed by atoms with E-state index >= 15 is 0 Å². The maximum atomic E-state index is 2.33. The average Bonchev–Trinajstić information content (AvgIpc) is 3.48. The van der Waals surface area contributed by atoms with Gasteiger partial charge in [0.2, 0.25) is 0 Å². The summed E-state index contributed by atoms with van der Waals surface area (Å²) in [6.07, 6.45) is 49.5. The Kier molecular flexibility index (Phi) is 55.8. The number of rotatable bonds is 25. The molecule has 6 rings (SSSR count). The third-order valence-electron chi connectivity index (χ3n) is 15.0. The van der Waals surface area contributed by atoms with E-state index in [1.165, 1.54) is 202 Å². The third kappa shape index (κ3) is 38.8. The summed E-state index contributed by atoms with van der Waals surface area (Å²) in [5.41, 5.74) is 12.3. The van der Waals surface area contributed by atoms with Gasteiger partial charge in [0, 0.05) is 0 Å². The first-order valence-electron chi connectivity index (χ1n) is 32.8. The molecule has 0 bridgehead atoms. The highest BCUT2D eigenvalue weighted by atomic mass is 14.3. The summed E-state index contributed by atoms with van der Waals surface area (Å²) < 4.78 is 0. The van der Waals surface area contributed by atoms with E-state index in [1.54, 1.807) is 47.9 Å². The first kappa shape index (κ1) is 73.7. The summed E-state index contributed by atoms with van der Waals surface area (Å²) in [7, 11) is 0. The predicted octanol–water partition coefficient (Wildman–Crippen LogP) is 25.0. The molecule has 2 aliphatic carbocycles. The van der Waals surface area contributed by atoms with E-state index in [2.05, 4.69) is 165 Å². The van der Waals surface area contributed by atoms with Crippen LogP contribution in [0.5, 0.6) is 0 Å². The van der Waals surface area contributed by atoms with Gasteiger partial charge in [-0.1, -0.05) is 327 Å². The van der Waals surface area contributed by atoms with E-state index in [9.17, 15) is 0 Å². The van der Waals surface area contributed by atoms with E-state index in [4.69, 9.17) is 0 Å². The van der Waals surface area contributed by atoms with Gasteiger partial charge in [-0.15, -0.1) is 0 Å². The van der Waals surface area contributed by atoms with E-state index in [0.29, 0.717) is 0 Å². The van der Waals surface area contributed by atoms with E-state index in [0.717, 1.165) is 18.3 Å². The predicted molar refractivity (Wildman–Crippen MR) is 346 cm³/mol. The number of allylic oxidation sites excluding steroid dienone is 2. The van der Waals surface area contributed by atoms with Crippen molar-refractivity contribution < 1.29 is 0 Å². The minimum absolute atomic E-state index is 1.07. The molecule has 0 aromatic heterocycles. The minimum atomic E-state index is 1.07.